The van der Waals surface area contributed by atoms with Crippen LogP contribution >= 0.6 is 11.8 Å². The van der Waals surface area contributed by atoms with Crippen LogP contribution in [-0.2, 0) is 16.1 Å². The summed E-state index contributed by atoms with van der Waals surface area (Å²) in [5.74, 6) is 1.34. The highest BCUT2D eigenvalue weighted by Gasteiger charge is 2.50. The molecule has 2 saturated heterocycles. The number of imide groups is 1. The van der Waals surface area contributed by atoms with Gasteiger partial charge in [0, 0.05) is 25.1 Å². The van der Waals surface area contributed by atoms with Gasteiger partial charge in [-0.05, 0) is 31.4 Å². The summed E-state index contributed by atoms with van der Waals surface area (Å²) in [6, 6.07) is 3.98. The van der Waals surface area contributed by atoms with Crippen LogP contribution in [0, 0.1) is 5.41 Å². The Hall–Kier alpha value is -1.73. The quantitative estimate of drug-likeness (QED) is 0.644. The van der Waals surface area contributed by atoms with Crippen LogP contribution in [0.25, 0.3) is 0 Å². The van der Waals surface area contributed by atoms with Crippen molar-refractivity contribution in [1.29, 1.82) is 0 Å². The molecule has 0 saturated carbocycles. The van der Waals surface area contributed by atoms with E-state index in [1.54, 1.807) is 26.0 Å². The predicted octanol–water partition coefficient (Wildman–Crippen LogP) is 1.66. The van der Waals surface area contributed by atoms with Gasteiger partial charge in [0.05, 0.1) is 24.5 Å². The van der Waals surface area contributed by atoms with Gasteiger partial charge in [0.1, 0.15) is 11.5 Å². The number of nitrogens with one attached hydrogen (secondary N) is 1. The minimum atomic E-state index is -0.548. The van der Waals surface area contributed by atoms with E-state index in [2.05, 4.69) is 10.2 Å². The zero-order valence-electron chi connectivity index (χ0n) is 14.2. The lowest BCUT2D eigenvalue weighted by Gasteiger charge is -2.22. The highest BCUT2D eigenvalue weighted by atomic mass is 32.2. The molecule has 0 unspecified atom stereocenters. The van der Waals surface area contributed by atoms with Gasteiger partial charge in [0.2, 0.25) is 11.8 Å². The summed E-state index contributed by atoms with van der Waals surface area (Å²) in [6.07, 6.45) is 3.01. The van der Waals surface area contributed by atoms with Crippen LogP contribution in [0.2, 0.25) is 0 Å². The van der Waals surface area contributed by atoms with E-state index in [1.807, 2.05) is 18.4 Å². The number of methoxy groups -OCH3 is 2. The first kappa shape index (κ1) is 17.1. The Kier molecular flexibility index (Phi) is 4.73. The van der Waals surface area contributed by atoms with Crippen LogP contribution < -0.4 is 14.8 Å². The van der Waals surface area contributed by atoms with E-state index in [0.29, 0.717) is 25.9 Å². The second-order valence-electron chi connectivity index (χ2n) is 6.31. The summed E-state index contributed by atoms with van der Waals surface area (Å²) < 4.78 is 11.0. The average molecular weight is 350 g/mol. The Morgan fingerprint density at radius 3 is 2.58 bits per heavy atom. The van der Waals surface area contributed by atoms with E-state index in [9.17, 15) is 9.59 Å². The van der Waals surface area contributed by atoms with E-state index in [-0.39, 0.29) is 11.8 Å². The maximum absolute atomic E-state index is 12.1. The predicted molar refractivity (Wildman–Crippen MR) is 91.4 cm³/mol. The fraction of sp³-hybridized carbons (Fsp3) is 0.529. The molecule has 2 amide bonds. The SMILES string of the molecule is COc1cc(SC)c(OC)cc1CN1CC[C@]2(CC(=O)NC2=O)C1. The van der Waals surface area contributed by atoms with Crippen LogP contribution in [0.5, 0.6) is 11.5 Å². The fourth-order valence-electron chi connectivity index (χ4n) is 3.57. The van der Waals surface area contributed by atoms with E-state index in [4.69, 9.17) is 9.47 Å². The van der Waals surface area contributed by atoms with Crippen molar-refractivity contribution in [2.75, 3.05) is 33.6 Å². The minimum Gasteiger partial charge on any atom is -0.496 e. The number of carbonyl (C=O) groups is 2. The van der Waals surface area contributed by atoms with Crippen molar-refractivity contribution in [2.45, 2.75) is 24.3 Å². The molecule has 0 bridgehead atoms. The number of likely N-dealkylation sites (tertiary alicyclic amines) is 1. The van der Waals surface area contributed by atoms with Crippen molar-refractivity contribution in [3.63, 3.8) is 0 Å². The number of ether oxygens (including phenoxy) is 2. The first-order chi connectivity index (χ1) is 11.5. The van der Waals surface area contributed by atoms with Crippen molar-refractivity contribution in [3.8, 4) is 11.5 Å². The fourth-order valence-corrected chi connectivity index (χ4v) is 4.14. The Labute approximate surface area is 145 Å². The number of amides is 2. The lowest BCUT2D eigenvalue weighted by Crippen LogP contribution is -2.34. The molecule has 6 nitrogen and oxygen atoms in total. The molecule has 130 valence electrons. The van der Waals surface area contributed by atoms with Gasteiger partial charge >= 0.3 is 0 Å². The molecule has 24 heavy (non-hydrogen) atoms. The first-order valence-electron chi connectivity index (χ1n) is 7.87. The maximum Gasteiger partial charge on any atom is 0.234 e. The summed E-state index contributed by atoms with van der Waals surface area (Å²) >= 11 is 1.61. The molecule has 7 heteroatoms. The summed E-state index contributed by atoms with van der Waals surface area (Å²) in [4.78, 5) is 26.9. The van der Waals surface area contributed by atoms with Crippen molar-refractivity contribution < 1.29 is 19.1 Å². The van der Waals surface area contributed by atoms with Crippen LogP contribution in [0.4, 0.5) is 0 Å². The number of hydrogen-bond donors (Lipinski definition) is 1. The van der Waals surface area contributed by atoms with Gasteiger partial charge in [-0.3, -0.25) is 19.8 Å². The standard InChI is InChI=1S/C17H22N2O4S/c1-22-12-7-14(24-3)13(23-2)6-11(12)9-19-5-4-17(10-19)8-15(20)18-16(17)21/h6-7H,4-5,8-10H2,1-3H3,(H,18,20,21)/t17-/m0/s1. The number of carbonyl (C=O) groups excluding carboxylic acids is 2. The lowest BCUT2D eigenvalue weighted by atomic mass is 9.85. The third kappa shape index (κ3) is 2.98. The van der Waals surface area contributed by atoms with Crippen LogP contribution in [-0.4, -0.2) is 50.3 Å². The second-order valence-corrected chi connectivity index (χ2v) is 7.16. The van der Waals surface area contributed by atoms with Crippen molar-refractivity contribution in [2.24, 2.45) is 5.41 Å². The van der Waals surface area contributed by atoms with E-state index >= 15 is 0 Å². The van der Waals surface area contributed by atoms with Gasteiger partial charge < -0.3 is 9.47 Å². The van der Waals surface area contributed by atoms with Gasteiger partial charge in [0.25, 0.3) is 0 Å². The minimum absolute atomic E-state index is 0.128. The zero-order valence-corrected chi connectivity index (χ0v) is 15.0. The number of rotatable bonds is 5. The summed E-state index contributed by atoms with van der Waals surface area (Å²) in [5.41, 5.74) is 0.474. The molecule has 3 rings (SSSR count). The molecule has 0 aromatic heterocycles. The van der Waals surface area contributed by atoms with Gasteiger partial charge in [-0.25, -0.2) is 0 Å². The topological polar surface area (TPSA) is 67.9 Å². The zero-order chi connectivity index (χ0) is 17.3. The highest BCUT2D eigenvalue weighted by Crippen LogP contribution is 2.40. The Balaban J connectivity index is 1.79. The molecule has 1 aromatic rings. The Morgan fingerprint density at radius 1 is 1.25 bits per heavy atom. The lowest BCUT2D eigenvalue weighted by molar-refractivity contribution is -0.128. The van der Waals surface area contributed by atoms with E-state index in [0.717, 1.165) is 28.5 Å². The summed E-state index contributed by atoms with van der Waals surface area (Å²) in [7, 11) is 3.31. The first-order valence-corrected chi connectivity index (χ1v) is 9.09. The van der Waals surface area contributed by atoms with E-state index in [1.165, 1.54) is 0 Å². The largest absolute Gasteiger partial charge is 0.496 e. The molecule has 2 aliphatic heterocycles. The maximum atomic E-state index is 12.1. The number of nitrogens with zero attached hydrogens (tertiary/aromatic N) is 1. The number of benzene rings is 1. The molecule has 2 aliphatic rings. The third-order valence-corrected chi connectivity index (χ3v) is 5.61. The third-order valence-electron chi connectivity index (χ3n) is 4.85. The van der Waals surface area contributed by atoms with Crippen LogP contribution in [0.1, 0.15) is 18.4 Å². The molecule has 2 fully saturated rings. The van der Waals surface area contributed by atoms with E-state index < -0.39 is 5.41 Å². The second kappa shape index (κ2) is 6.64. The molecule has 0 radical (unpaired) electrons. The molecular formula is C17H22N2O4S. The number of thioether (sulfide) groups is 1. The Morgan fingerprint density at radius 2 is 2.00 bits per heavy atom. The molecule has 1 aromatic carbocycles. The molecule has 1 N–H and O–H groups in total. The van der Waals surface area contributed by atoms with Gasteiger partial charge in [-0.1, -0.05) is 0 Å². The van der Waals surface area contributed by atoms with Crippen molar-refractivity contribution in [3.05, 3.63) is 17.7 Å². The normalized spacial score (nSPS) is 23.8. The summed E-state index contributed by atoms with van der Waals surface area (Å²) in [6.45, 7) is 2.05. The average Bonchev–Trinajstić information content (AvgIpc) is 3.09. The number of hydrogen-bond acceptors (Lipinski definition) is 6. The molecule has 0 aliphatic carbocycles. The monoisotopic (exact) mass is 350 g/mol. The Bertz CT molecular complexity index is 679. The van der Waals surface area contributed by atoms with Gasteiger partial charge in [-0.15, -0.1) is 11.8 Å². The van der Waals surface area contributed by atoms with Crippen molar-refractivity contribution >= 4 is 23.6 Å². The van der Waals surface area contributed by atoms with Crippen LogP contribution in [0.15, 0.2) is 17.0 Å². The highest BCUT2D eigenvalue weighted by molar-refractivity contribution is 7.98. The smallest absolute Gasteiger partial charge is 0.234 e. The van der Waals surface area contributed by atoms with Crippen LogP contribution in [0.3, 0.4) is 0 Å². The van der Waals surface area contributed by atoms with Gasteiger partial charge in [-0.2, -0.15) is 0 Å². The molecule has 2 heterocycles. The van der Waals surface area contributed by atoms with Gasteiger partial charge in [0.15, 0.2) is 0 Å². The molecule has 1 spiro atoms. The van der Waals surface area contributed by atoms with Crippen molar-refractivity contribution in [1.82, 2.24) is 10.2 Å². The molecule has 1 atom stereocenters. The molecular weight excluding hydrogens is 328 g/mol. The summed E-state index contributed by atoms with van der Waals surface area (Å²) in [5, 5.41) is 2.44.